The summed E-state index contributed by atoms with van der Waals surface area (Å²) in [5.41, 5.74) is 0.823. The molecule has 1 N–H and O–H groups in total. The van der Waals surface area contributed by atoms with E-state index in [2.05, 4.69) is 4.98 Å². The van der Waals surface area contributed by atoms with Crippen molar-refractivity contribution in [1.29, 1.82) is 0 Å². The van der Waals surface area contributed by atoms with E-state index >= 15 is 0 Å². The highest BCUT2D eigenvalue weighted by molar-refractivity contribution is 7.89. The Balaban J connectivity index is 2.76. The van der Waals surface area contributed by atoms with Gasteiger partial charge < -0.3 is 5.11 Å². The van der Waals surface area contributed by atoms with E-state index in [-0.39, 0.29) is 25.4 Å². The summed E-state index contributed by atoms with van der Waals surface area (Å²) in [6, 6.07) is 3.60. The van der Waals surface area contributed by atoms with Gasteiger partial charge in [0.1, 0.15) is 0 Å². The van der Waals surface area contributed by atoms with E-state index in [0.717, 1.165) is 5.56 Å². The zero-order valence-electron chi connectivity index (χ0n) is 11.5. The number of sulfonamides is 1. The number of aliphatic hydroxyl groups is 1. The van der Waals surface area contributed by atoms with Gasteiger partial charge in [-0.3, -0.25) is 4.98 Å². The summed E-state index contributed by atoms with van der Waals surface area (Å²) < 4.78 is 25.8. The SMILES string of the molecule is CC(C)CCS(=O)(=O)N(CCO)Cc1cccnc1. The van der Waals surface area contributed by atoms with Crippen LogP contribution in [0.15, 0.2) is 24.5 Å². The van der Waals surface area contributed by atoms with Crippen LogP contribution in [0.1, 0.15) is 25.8 Å². The third kappa shape index (κ3) is 5.67. The van der Waals surface area contributed by atoms with Gasteiger partial charge in [0, 0.05) is 25.5 Å². The lowest BCUT2D eigenvalue weighted by Gasteiger charge is -2.21. The number of hydrogen-bond donors (Lipinski definition) is 1. The fraction of sp³-hybridized carbons (Fsp3) is 0.615. The molecule has 0 aliphatic rings. The second kappa shape index (κ2) is 7.57. The molecular formula is C13H22N2O3S. The topological polar surface area (TPSA) is 70.5 Å². The Kier molecular flexibility index (Phi) is 6.41. The zero-order valence-corrected chi connectivity index (χ0v) is 12.3. The molecule has 0 radical (unpaired) electrons. The van der Waals surface area contributed by atoms with E-state index in [1.165, 1.54) is 4.31 Å². The molecule has 5 nitrogen and oxygen atoms in total. The summed E-state index contributed by atoms with van der Waals surface area (Å²) in [6.45, 7) is 4.19. The largest absolute Gasteiger partial charge is 0.395 e. The molecule has 0 unspecified atom stereocenters. The molecule has 19 heavy (non-hydrogen) atoms. The molecule has 6 heteroatoms. The van der Waals surface area contributed by atoms with Crippen molar-refractivity contribution < 1.29 is 13.5 Å². The van der Waals surface area contributed by atoms with Crippen molar-refractivity contribution in [2.45, 2.75) is 26.8 Å². The highest BCUT2D eigenvalue weighted by Crippen LogP contribution is 2.12. The minimum absolute atomic E-state index is 0.116. The standard InChI is InChI=1S/C13H22N2O3S/c1-12(2)5-9-19(17,18)15(7-8-16)11-13-4-3-6-14-10-13/h3-4,6,10,12,16H,5,7-9,11H2,1-2H3. The highest BCUT2D eigenvalue weighted by atomic mass is 32.2. The fourth-order valence-electron chi connectivity index (χ4n) is 1.64. The normalized spacial score (nSPS) is 12.3. The van der Waals surface area contributed by atoms with Crippen LogP contribution in [0.2, 0.25) is 0 Å². The van der Waals surface area contributed by atoms with Crippen LogP contribution in [-0.4, -0.2) is 41.7 Å². The molecule has 108 valence electrons. The molecule has 1 aromatic rings. The van der Waals surface area contributed by atoms with Crippen LogP contribution in [0, 0.1) is 5.92 Å². The van der Waals surface area contributed by atoms with Crippen molar-refractivity contribution in [1.82, 2.24) is 9.29 Å². The number of aromatic nitrogens is 1. The molecule has 0 amide bonds. The predicted octanol–water partition coefficient (Wildman–Crippen LogP) is 1.25. The molecular weight excluding hydrogens is 264 g/mol. The maximum atomic E-state index is 12.2. The number of aliphatic hydroxyl groups excluding tert-OH is 1. The van der Waals surface area contributed by atoms with Crippen molar-refractivity contribution in [2.75, 3.05) is 18.9 Å². The second-order valence-corrected chi connectivity index (χ2v) is 7.01. The molecule has 1 rings (SSSR count). The smallest absolute Gasteiger partial charge is 0.214 e. The van der Waals surface area contributed by atoms with Gasteiger partial charge in [-0.15, -0.1) is 0 Å². The van der Waals surface area contributed by atoms with Crippen molar-refractivity contribution in [2.24, 2.45) is 5.92 Å². The van der Waals surface area contributed by atoms with E-state index < -0.39 is 10.0 Å². The Hall–Kier alpha value is -0.980. The molecule has 1 aromatic heterocycles. The van der Waals surface area contributed by atoms with Crippen molar-refractivity contribution in [3.05, 3.63) is 30.1 Å². The lowest BCUT2D eigenvalue weighted by atomic mass is 10.2. The first kappa shape index (κ1) is 16.1. The molecule has 1 heterocycles. The van der Waals surface area contributed by atoms with Crippen LogP contribution in [0.3, 0.4) is 0 Å². The first-order chi connectivity index (χ1) is 8.95. The molecule has 0 aromatic carbocycles. The van der Waals surface area contributed by atoms with E-state index in [1.807, 2.05) is 19.9 Å². The molecule has 0 saturated carbocycles. The van der Waals surface area contributed by atoms with Gasteiger partial charge in [0.2, 0.25) is 10.0 Å². The lowest BCUT2D eigenvalue weighted by Crippen LogP contribution is -2.35. The van der Waals surface area contributed by atoms with Gasteiger partial charge in [-0.1, -0.05) is 19.9 Å². The van der Waals surface area contributed by atoms with E-state index in [4.69, 9.17) is 5.11 Å². The maximum Gasteiger partial charge on any atom is 0.214 e. The summed E-state index contributed by atoms with van der Waals surface area (Å²) in [4.78, 5) is 3.97. The highest BCUT2D eigenvalue weighted by Gasteiger charge is 2.21. The van der Waals surface area contributed by atoms with Crippen LogP contribution < -0.4 is 0 Å². The molecule has 0 fully saturated rings. The third-order valence-electron chi connectivity index (χ3n) is 2.78. The Morgan fingerprint density at radius 2 is 2.16 bits per heavy atom. The van der Waals surface area contributed by atoms with Gasteiger partial charge in [-0.2, -0.15) is 4.31 Å². The van der Waals surface area contributed by atoms with Crippen LogP contribution in [0.5, 0.6) is 0 Å². The second-order valence-electron chi connectivity index (χ2n) is 4.92. The Morgan fingerprint density at radius 3 is 2.68 bits per heavy atom. The van der Waals surface area contributed by atoms with Gasteiger partial charge in [0.25, 0.3) is 0 Å². The average molecular weight is 286 g/mol. The Morgan fingerprint density at radius 1 is 1.42 bits per heavy atom. The van der Waals surface area contributed by atoms with Crippen LogP contribution in [0.4, 0.5) is 0 Å². The summed E-state index contributed by atoms with van der Waals surface area (Å²) in [5, 5.41) is 9.03. The number of pyridine rings is 1. The zero-order chi connectivity index (χ0) is 14.3. The Labute approximate surface area is 115 Å². The molecule has 0 aliphatic heterocycles. The lowest BCUT2D eigenvalue weighted by molar-refractivity contribution is 0.250. The fourth-order valence-corrected chi connectivity index (χ4v) is 3.37. The minimum Gasteiger partial charge on any atom is -0.395 e. The van der Waals surface area contributed by atoms with Crippen LogP contribution >= 0.6 is 0 Å². The van der Waals surface area contributed by atoms with Crippen LogP contribution in [-0.2, 0) is 16.6 Å². The van der Waals surface area contributed by atoms with Gasteiger partial charge in [-0.05, 0) is 24.0 Å². The van der Waals surface area contributed by atoms with E-state index in [9.17, 15) is 8.42 Å². The molecule has 0 bridgehead atoms. The summed E-state index contributed by atoms with van der Waals surface area (Å²) in [7, 11) is -3.33. The monoisotopic (exact) mass is 286 g/mol. The minimum atomic E-state index is -3.33. The Bertz CT molecular complexity index is 460. The number of nitrogens with zero attached hydrogens (tertiary/aromatic N) is 2. The molecule has 0 spiro atoms. The maximum absolute atomic E-state index is 12.2. The summed E-state index contributed by atoms with van der Waals surface area (Å²) >= 11 is 0. The molecule has 0 atom stereocenters. The van der Waals surface area contributed by atoms with Gasteiger partial charge in [0.05, 0.1) is 12.4 Å². The van der Waals surface area contributed by atoms with Gasteiger partial charge in [-0.25, -0.2) is 8.42 Å². The first-order valence-electron chi connectivity index (χ1n) is 6.43. The van der Waals surface area contributed by atoms with Crippen LogP contribution in [0.25, 0.3) is 0 Å². The van der Waals surface area contributed by atoms with E-state index in [0.29, 0.717) is 12.3 Å². The summed E-state index contributed by atoms with van der Waals surface area (Å²) in [6.07, 6.45) is 3.91. The van der Waals surface area contributed by atoms with Gasteiger partial charge in [0.15, 0.2) is 0 Å². The van der Waals surface area contributed by atoms with Crippen molar-refractivity contribution >= 4 is 10.0 Å². The average Bonchev–Trinajstić information content (AvgIpc) is 2.37. The van der Waals surface area contributed by atoms with Crippen molar-refractivity contribution in [3.8, 4) is 0 Å². The van der Waals surface area contributed by atoms with Crippen molar-refractivity contribution in [3.63, 3.8) is 0 Å². The molecule has 0 aliphatic carbocycles. The quantitative estimate of drug-likeness (QED) is 0.781. The van der Waals surface area contributed by atoms with Gasteiger partial charge >= 0.3 is 0 Å². The third-order valence-corrected chi connectivity index (χ3v) is 4.63. The number of rotatable bonds is 8. The summed E-state index contributed by atoms with van der Waals surface area (Å²) in [5.74, 6) is 0.453. The molecule has 0 saturated heterocycles. The predicted molar refractivity (Wildman–Crippen MR) is 75.0 cm³/mol. The van der Waals surface area contributed by atoms with E-state index in [1.54, 1.807) is 18.5 Å². The first-order valence-corrected chi connectivity index (χ1v) is 8.04. The number of hydrogen-bond acceptors (Lipinski definition) is 4.